The molecule has 0 fully saturated rings. The molecule has 0 aliphatic heterocycles. The van der Waals surface area contributed by atoms with Crippen LogP contribution in [0.1, 0.15) is 30.9 Å². The molecule has 1 nitrogen and oxygen atoms in total. The van der Waals surface area contributed by atoms with Crippen LogP contribution in [0.15, 0.2) is 60.8 Å². The van der Waals surface area contributed by atoms with Crippen molar-refractivity contribution >= 4 is 10.9 Å². The van der Waals surface area contributed by atoms with Gasteiger partial charge < -0.3 is 4.57 Å². The average Bonchev–Trinajstić information content (AvgIpc) is 2.82. The Balaban J connectivity index is 2.02. The molecule has 1 heterocycles. The molecule has 0 spiro atoms. The summed E-state index contributed by atoms with van der Waals surface area (Å²) in [4.78, 5) is 0. The summed E-state index contributed by atoms with van der Waals surface area (Å²) in [6.07, 6.45) is 2.18. The van der Waals surface area contributed by atoms with E-state index in [1.54, 1.807) is 0 Å². The number of rotatable bonds is 3. The van der Waals surface area contributed by atoms with Crippen LogP contribution in [0.25, 0.3) is 10.9 Å². The second-order valence-corrected chi connectivity index (χ2v) is 5.40. The maximum Gasteiger partial charge on any atom is 0.0486 e. The minimum absolute atomic E-state index is 0.574. The van der Waals surface area contributed by atoms with Crippen molar-refractivity contribution in [2.75, 3.05) is 0 Å². The largest absolute Gasteiger partial charge is 0.343 e. The highest BCUT2D eigenvalue weighted by Crippen LogP contribution is 2.23. The van der Waals surface area contributed by atoms with Crippen LogP contribution in [-0.4, -0.2) is 4.57 Å². The predicted molar refractivity (Wildman–Crippen MR) is 81.6 cm³/mol. The topological polar surface area (TPSA) is 4.93 Å². The van der Waals surface area contributed by atoms with Gasteiger partial charge in [0.05, 0.1) is 0 Å². The normalized spacial score (nSPS) is 11.3. The van der Waals surface area contributed by atoms with Gasteiger partial charge in [0.15, 0.2) is 0 Å². The van der Waals surface area contributed by atoms with E-state index in [4.69, 9.17) is 0 Å². The van der Waals surface area contributed by atoms with E-state index in [1.807, 2.05) is 0 Å². The second kappa shape index (κ2) is 4.93. The molecule has 3 rings (SSSR count). The summed E-state index contributed by atoms with van der Waals surface area (Å²) in [7, 11) is 0. The Kier molecular flexibility index (Phi) is 3.12. The molecule has 0 amide bonds. The number of aromatic nitrogens is 1. The van der Waals surface area contributed by atoms with Gasteiger partial charge in [0.1, 0.15) is 0 Å². The number of fused-ring (bicyclic) bond motifs is 1. The maximum absolute atomic E-state index is 2.33. The van der Waals surface area contributed by atoms with Crippen LogP contribution in [0.4, 0.5) is 0 Å². The Morgan fingerprint density at radius 1 is 0.947 bits per heavy atom. The van der Waals surface area contributed by atoms with Crippen LogP contribution < -0.4 is 0 Å². The highest BCUT2D eigenvalue weighted by atomic mass is 14.9. The molecular formula is C18H19N. The molecule has 0 saturated heterocycles. The molecule has 0 bridgehead atoms. The fourth-order valence-corrected chi connectivity index (χ4v) is 2.48. The van der Waals surface area contributed by atoms with Crippen LogP contribution in [-0.2, 0) is 6.54 Å². The third-order valence-electron chi connectivity index (χ3n) is 3.66. The van der Waals surface area contributed by atoms with Gasteiger partial charge in [-0.3, -0.25) is 0 Å². The smallest absolute Gasteiger partial charge is 0.0486 e. The van der Waals surface area contributed by atoms with E-state index in [0.29, 0.717) is 5.92 Å². The molecule has 0 saturated carbocycles. The zero-order chi connectivity index (χ0) is 13.2. The SMILES string of the molecule is CC(C)c1ccc2ccn(Cc3ccccc3)c2c1. The number of hydrogen-bond donors (Lipinski definition) is 0. The van der Waals surface area contributed by atoms with Gasteiger partial charge in [-0.1, -0.05) is 56.3 Å². The van der Waals surface area contributed by atoms with E-state index in [2.05, 4.69) is 79.2 Å². The van der Waals surface area contributed by atoms with E-state index in [-0.39, 0.29) is 0 Å². The minimum Gasteiger partial charge on any atom is -0.343 e. The van der Waals surface area contributed by atoms with Gasteiger partial charge in [0.2, 0.25) is 0 Å². The lowest BCUT2D eigenvalue weighted by Crippen LogP contribution is -1.98. The first-order valence-corrected chi connectivity index (χ1v) is 6.87. The van der Waals surface area contributed by atoms with E-state index in [1.165, 1.54) is 22.0 Å². The number of benzene rings is 2. The summed E-state index contributed by atoms with van der Waals surface area (Å²) in [5, 5.41) is 1.32. The Hall–Kier alpha value is -2.02. The molecule has 96 valence electrons. The Morgan fingerprint density at radius 2 is 1.74 bits per heavy atom. The molecule has 1 aromatic heterocycles. The molecule has 0 aliphatic carbocycles. The Labute approximate surface area is 114 Å². The lowest BCUT2D eigenvalue weighted by atomic mass is 10.0. The van der Waals surface area contributed by atoms with Gasteiger partial charge in [-0.2, -0.15) is 0 Å². The molecule has 0 N–H and O–H groups in total. The maximum atomic E-state index is 2.33. The summed E-state index contributed by atoms with van der Waals surface area (Å²) >= 11 is 0. The highest BCUT2D eigenvalue weighted by molar-refractivity contribution is 5.81. The van der Waals surface area contributed by atoms with Crippen LogP contribution in [0, 0.1) is 0 Å². The summed E-state index contributed by atoms with van der Waals surface area (Å²) < 4.78 is 2.33. The molecule has 0 unspecified atom stereocenters. The quantitative estimate of drug-likeness (QED) is 0.627. The molecule has 2 aromatic carbocycles. The van der Waals surface area contributed by atoms with E-state index in [9.17, 15) is 0 Å². The van der Waals surface area contributed by atoms with Crippen LogP contribution >= 0.6 is 0 Å². The predicted octanol–water partition coefficient (Wildman–Crippen LogP) is 4.81. The molecule has 0 aliphatic rings. The van der Waals surface area contributed by atoms with Gasteiger partial charge in [-0.25, -0.2) is 0 Å². The molecule has 3 aromatic rings. The van der Waals surface area contributed by atoms with Crippen molar-refractivity contribution in [3.63, 3.8) is 0 Å². The van der Waals surface area contributed by atoms with Crippen molar-refractivity contribution in [3.05, 3.63) is 71.9 Å². The molecular weight excluding hydrogens is 230 g/mol. The zero-order valence-corrected chi connectivity index (χ0v) is 11.5. The Morgan fingerprint density at radius 3 is 2.47 bits per heavy atom. The summed E-state index contributed by atoms with van der Waals surface area (Å²) in [5.74, 6) is 0.574. The van der Waals surface area contributed by atoms with Crippen molar-refractivity contribution in [1.82, 2.24) is 4.57 Å². The van der Waals surface area contributed by atoms with Crippen molar-refractivity contribution in [2.45, 2.75) is 26.3 Å². The van der Waals surface area contributed by atoms with Crippen LogP contribution in [0.2, 0.25) is 0 Å². The monoisotopic (exact) mass is 249 g/mol. The van der Waals surface area contributed by atoms with E-state index >= 15 is 0 Å². The van der Waals surface area contributed by atoms with Gasteiger partial charge in [0, 0.05) is 18.3 Å². The lowest BCUT2D eigenvalue weighted by molar-refractivity contribution is 0.830. The first-order valence-electron chi connectivity index (χ1n) is 6.87. The average molecular weight is 249 g/mol. The third kappa shape index (κ3) is 2.41. The van der Waals surface area contributed by atoms with Crippen molar-refractivity contribution in [2.24, 2.45) is 0 Å². The summed E-state index contributed by atoms with van der Waals surface area (Å²) in [5.41, 5.74) is 4.07. The fraction of sp³-hybridized carbons (Fsp3) is 0.222. The number of nitrogens with zero attached hydrogens (tertiary/aromatic N) is 1. The van der Waals surface area contributed by atoms with Crippen LogP contribution in [0.3, 0.4) is 0 Å². The third-order valence-corrected chi connectivity index (χ3v) is 3.66. The summed E-state index contributed by atoms with van der Waals surface area (Å²) in [6.45, 7) is 5.42. The second-order valence-electron chi connectivity index (χ2n) is 5.40. The fourth-order valence-electron chi connectivity index (χ4n) is 2.48. The first kappa shape index (κ1) is 12.0. The zero-order valence-electron chi connectivity index (χ0n) is 11.5. The van der Waals surface area contributed by atoms with Crippen molar-refractivity contribution in [3.8, 4) is 0 Å². The Bertz CT molecular complexity index is 677. The molecule has 1 heteroatoms. The highest BCUT2D eigenvalue weighted by Gasteiger charge is 2.05. The van der Waals surface area contributed by atoms with Gasteiger partial charge in [-0.15, -0.1) is 0 Å². The van der Waals surface area contributed by atoms with Crippen molar-refractivity contribution < 1.29 is 0 Å². The summed E-state index contributed by atoms with van der Waals surface area (Å²) in [6, 6.07) is 19.6. The number of hydrogen-bond acceptors (Lipinski definition) is 0. The van der Waals surface area contributed by atoms with Gasteiger partial charge >= 0.3 is 0 Å². The minimum atomic E-state index is 0.574. The molecule has 19 heavy (non-hydrogen) atoms. The standard InChI is InChI=1S/C18H19N/c1-14(2)17-9-8-16-10-11-19(18(16)12-17)13-15-6-4-3-5-7-15/h3-12,14H,13H2,1-2H3. The molecule has 0 radical (unpaired) electrons. The first-order chi connectivity index (χ1) is 9.24. The lowest BCUT2D eigenvalue weighted by Gasteiger charge is -2.09. The van der Waals surface area contributed by atoms with Gasteiger partial charge in [-0.05, 0) is 34.6 Å². The van der Waals surface area contributed by atoms with Gasteiger partial charge in [0.25, 0.3) is 0 Å². The van der Waals surface area contributed by atoms with E-state index in [0.717, 1.165) is 6.54 Å². The van der Waals surface area contributed by atoms with Crippen LogP contribution in [0.5, 0.6) is 0 Å². The van der Waals surface area contributed by atoms with E-state index < -0.39 is 0 Å². The molecule has 0 atom stereocenters. The van der Waals surface area contributed by atoms with Crippen molar-refractivity contribution in [1.29, 1.82) is 0 Å².